The lowest BCUT2D eigenvalue weighted by Crippen LogP contribution is -2.30. The maximum absolute atomic E-state index is 13.0. The van der Waals surface area contributed by atoms with Crippen LogP contribution in [0.25, 0.3) is 16.9 Å². The third kappa shape index (κ3) is 4.05. The summed E-state index contributed by atoms with van der Waals surface area (Å²) in [7, 11) is 0. The number of imidazole rings is 1. The van der Waals surface area contributed by atoms with Crippen LogP contribution in [0.3, 0.4) is 0 Å². The van der Waals surface area contributed by atoms with Gasteiger partial charge in [-0.15, -0.1) is 0 Å². The second kappa shape index (κ2) is 8.73. The van der Waals surface area contributed by atoms with Gasteiger partial charge in [0.2, 0.25) is 5.91 Å². The molecule has 31 heavy (non-hydrogen) atoms. The molecule has 0 fully saturated rings. The number of rotatable bonds is 5. The summed E-state index contributed by atoms with van der Waals surface area (Å²) in [5.41, 5.74) is 5.38. The zero-order valence-electron chi connectivity index (χ0n) is 16.7. The van der Waals surface area contributed by atoms with E-state index in [9.17, 15) is 4.79 Å². The zero-order valence-corrected chi connectivity index (χ0v) is 19.1. The first-order valence-corrected chi connectivity index (χ1v) is 11.9. The van der Waals surface area contributed by atoms with E-state index in [1.807, 2.05) is 59.6 Å². The van der Waals surface area contributed by atoms with Crippen molar-refractivity contribution in [3.8, 4) is 16.9 Å². The minimum absolute atomic E-state index is 0.114. The largest absolute Gasteiger partial charge is 0.311 e. The summed E-state index contributed by atoms with van der Waals surface area (Å²) in [6.45, 7) is 0.746. The van der Waals surface area contributed by atoms with Crippen LogP contribution < -0.4 is 4.90 Å². The molecule has 4 aromatic rings. The van der Waals surface area contributed by atoms with Crippen LogP contribution in [0.4, 0.5) is 5.69 Å². The van der Waals surface area contributed by atoms with Crippen molar-refractivity contribution in [3.63, 3.8) is 0 Å². The summed E-state index contributed by atoms with van der Waals surface area (Å²) in [5, 5.41) is 0.810. The number of hydrogen-bond donors (Lipinski definition) is 0. The predicted molar refractivity (Wildman–Crippen MR) is 130 cm³/mol. The molecular weight excluding hydrogens is 470 g/mol. The third-order valence-electron chi connectivity index (χ3n) is 5.40. The number of carbonyl (C=O) groups excluding carboxylic acids is 1. The van der Waals surface area contributed by atoms with Crippen molar-refractivity contribution in [2.45, 2.75) is 11.6 Å². The molecule has 1 aliphatic rings. The highest BCUT2D eigenvalue weighted by Gasteiger charge is 2.25. The molecule has 0 saturated carbocycles. The molecule has 5 rings (SSSR count). The minimum atomic E-state index is 0.114. The average molecular weight is 490 g/mol. The second-order valence-electron chi connectivity index (χ2n) is 7.32. The van der Waals surface area contributed by atoms with Crippen molar-refractivity contribution >= 4 is 39.3 Å². The van der Waals surface area contributed by atoms with E-state index < -0.39 is 0 Å². The van der Waals surface area contributed by atoms with Crippen molar-refractivity contribution in [2.75, 3.05) is 17.2 Å². The number of aromatic nitrogens is 2. The summed E-state index contributed by atoms with van der Waals surface area (Å²) in [4.78, 5) is 19.6. The smallest absolute Gasteiger partial charge is 0.237 e. The molecule has 0 atom stereocenters. The van der Waals surface area contributed by atoms with Gasteiger partial charge in [-0.25, -0.2) is 4.98 Å². The highest BCUT2D eigenvalue weighted by atomic mass is 79.9. The molecule has 0 aliphatic carbocycles. The molecule has 1 amide bonds. The number of para-hydroxylation sites is 2. The minimum Gasteiger partial charge on any atom is -0.311 e. The molecule has 0 N–H and O–H groups in total. The van der Waals surface area contributed by atoms with Gasteiger partial charge < -0.3 is 4.90 Å². The molecular formula is C25H20BrN3OS. The van der Waals surface area contributed by atoms with Crippen LogP contribution in [-0.4, -0.2) is 27.8 Å². The molecule has 154 valence electrons. The van der Waals surface area contributed by atoms with Gasteiger partial charge in [0.05, 0.1) is 17.6 Å². The predicted octanol–water partition coefficient (Wildman–Crippen LogP) is 5.98. The average Bonchev–Trinajstić information content (AvgIpc) is 3.43. The van der Waals surface area contributed by atoms with Crippen molar-refractivity contribution in [3.05, 3.63) is 95.1 Å². The van der Waals surface area contributed by atoms with E-state index in [1.165, 1.54) is 17.3 Å². The van der Waals surface area contributed by atoms with Gasteiger partial charge in [-0.2, -0.15) is 0 Å². The molecule has 0 bridgehead atoms. The summed E-state index contributed by atoms with van der Waals surface area (Å²) < 4.78 is 3.16. The van der Waals surface area contributed by atoms with Crippen LogP contribution in [0, 0.1) is 0 Å². The molecule has 1 aromatic heterocycles. The fourth-order valence-electron chi connectivity index (χ4n) is 3.89. The molecule has 3 aromatic carbocycles. The van der Waals surface area contributed by atoms with Gasteiger partial charge >= 0.3 is 0 Å². The number of fused-ring (bicyclic) bond motifs is 1. The number of benzene rings is 3. The lowest BCUT2D eigenvalue weighted by atomic mass is 10.1. The number of hydrogen-bond acceptors (Lipinski definition) is 3. The van der Waals surface area contributed by atoms with E-state index in [2.05, 4.69) is 55.8 Å². The van der Waals surface area contributed by atoms with Crippen molar-refractivity contribution in [1.82, 2.24) is 9.55 Å². The molecule has 0 unspecified atom stereocenters. The molecule has 6 heteroatoms. The van der Waals surface area contributed by atoms with Crippen LogP contribution in [0.15, 0.2) is 94.7 Å². The Hall–Kier alpha value is -2.83. The lowest BCUT2D eigenvalue weighted by molar-refractivity contribution is -0.116. The van der Waals surface area contributed by atoms with Gasteiger partial charge in [0.25, 0.3) is 0 Å². The maximum atomic E-state index is 13.0. The Balaban J connectivity index is 1.43. The topological polar surface area (TPSA) is 38.1 Å². The van der Waals surface area contributed by atoms with E-state index >= 15 is 0 Å². The van der Waals surface area contributed by atoms with Crippen molar-refractivity contribution in [1.29, 1.82) is 0 Å². The van der Waals surface area contributed by atoms with Gasteiger partial charge in [0.1, 0.15) is 0 Å². The Morgan fingerprint density at radius 3 is 2.52 bits per heavy atom. The van der Waals surface area contributed by atoms with Crippen molar-refractivity contribution in [2.24, 2.45) is 0 Å². The number of anilines is 1. The number of halogens is 1. The van der Waals surface area contributed by atoms with E-state index in [1.54, 1.807) is 0 Å². The molecule has 1 aliphatic heterocycles. The number of amides is 1. The van der Waals surface area contributed by atoms with E-state index in [0.717, 1.165) is 45.2 Å². The van der Waals surface area contributed by atoms with Crippen LogP contribution in [0.2, 0.25) is 0 Å². The Kier molecular flexibility index (Phi) is 5.66. The fraction of sp³-hybridized carbons (Fsp3) is 0.120. The highest BCUT2D eigenvalue weighted by molar-refractivity contribution is 9.10. The third-order valence-corrected chi connectivity index (χ3v) is 6.86. The summed E-state index contributed by atoms with van der Waals surface area (Å²) >= 11 is 4.98. The molecule has 0 radical (unpaired) electrons. The standard InChI is InChI=1S/C25H20BrN3OS/c26-20-12-10-19(11-13-20)23-16-27-25(29(23)21-7-2-1-3-8-21)31-17-24(30)28-15-14-18-6-4-5-9-22(18)28/h1-13,16H,14-15,17H2. The van der Waals surface area contributed by atoms with Crippen LogP contribution in [0.1, 0.15) is 5.56 Å². The highest BCUT2D eigenvalue weighted by Crippen LogP contribution is 2.32. The maximum Gasteiger partial charge on any atom is 0.237 e. The van der Waals surface area contributed by atoms with E-state index in [4.69, 9.17) is 0 Å². The quantitative estimate of drug-likeness (QED) is 0.323. The Labute approximate surface area is 194 Å². The first kappa shape index (κ1) is 20.1. The second-order valence-corrected chi connectivity index (χ2v) is 9.17. The summed E-state index contributed by atoms with van der Waals surface area (Å²) in [6, 6.07) is 26.5. The fourth-order valence-corrected chi connectivity index (χ4v) is 5.02. The first-order chi connectivity index (χ1) is 15.2. The molecule has 4 nitrogen and oxygen atoms in total. The molecule has 0 spiro atoms. The van der Waals surface area contributed by atoms with E-state index in [0.29, 0.717) is 5.75 Å². The van der Waals surface area contributed by atoms with Crippen molar-refractivity contribution < 1.29 is 4.79 Å². The Morgan fingerprint density at radius 1 is 0.968 bits per heavy atom. The normalized spacial score (nSPS) is 12.7. The van der Waals surface area contributed by atoms with Gasteiger partial charge in [-0.1, -0.05) is 76.2 Å². The van der Waals surface area contributed by atoms with Gasteiger partial charge in [0, 0.05) is 28.0 Å². The SMILES string of the molecule is O=C(CSc1ncc(-c2ccc(Br)cc2)n1-c1ccccc1)N1CCc2ccccc21. The first-order valence-electron chi connectivity index (χ1n) is 10.1. The van der Waals surface area contributed by atoms with Gasteiger partial charge in [-0.3, -0.25) is 9.36 Å². The lowest BCUT2D eigenvalue weighted by Gasteiger charge is -2.17. The molecule has 2 heterocycles. The number of carbonyl (C=O) groups is 1. The Bertz CT molecular complexity index is 1220. The van der Waals surface area contributed by atoms with Crippen LogP contribution in [0.5, 0.6) is 0 Å². The number of nitrogens with zero attached hydrogens (tertiary/aromatic N) is 3. The van der Waals surface area contributed by atoms with Gasteiger partial charge in [0.15, 0.2) is 5.16 Å². The number of thioether (sulfide) groups is 1. The van der Waals surface area contributed by atoms with E-state index in [-0.39, 0.29) is 5.91 Å². The summed E-state index contributed by atoms with van der Waals surface area (Å²) in [6.07, 6.45) is 2.80. The Morgan fingerprint density at radius 2 is 1.71 bits per heavy atom. The van der Waals surface area contributed by atoms with Gasteiger partial charge in [-0.05, 0) is 42.3 Å². The zero-order chi connectivity index (χ0) is 21.2. The molecule has 0 saturated heterocycles. The summed E-state index contributed by atoms with van der Waals surface area (Å²) in [5.74, 6) is 0.459. The van der Waals surface area contributed by atoms with Crippen LogP contribution in [-0.2, 0) is 11.2 Å². The van der Waals surface area contributed by atoms with Crippen LogP contribution >= 0.6 is 27.7 Å². The monoisotopic (exact) mass is 489 g/mol.